The molecule has 5 nitrogen and oxygen atoms in total. The molecule has 2 N–H and O–H groups in total. The van der Waals surface area contributed by atoms with Crippen molar-refractivity contribution in [3.63, 3.8) is 0 Å². The highest BCUT2D eigenvalue weighted by molar-refractivity contribution is 6.41. The number of rotatable bonds is 6. The van der Waals surface area contributed by atoms with Gasteiger partial charge in [0.15, 0.2) is 5.96 Å². The highest BCUT2D eigenvalue weighted by atomic mass is 35.5. The Labute approximate surface area is 153 Å². The van der Waals surface area contributed by atoms with Crippen molar-refractivity contribution in [3.8, 4) is 0 Å². The van der Waals surface area contributed by atoms with Gasteiger partial charge in [-0.1, -0.05) is 23.2 Å². The van der Waals surface area contributed by atoms with Gasteiger partial charge in [-0.05, 0) is 43.5 Å². The third-order valence-corrected chi connectivity index (χ3v) is 4.62. The molecule has 0 aliphatic heterocycles. The lowest BCUT2D eigenvalue weighted by atomic mass is 10.1. The summed E-state index contributed by atoms with van der Waals surface area (Å²) in [6, 6.07) is 3.90. The van der Waals surface area contributed by atoms with Crippen molar-refractivity contribution in [3.05, 3.63) is 51.5 Å². The number of aliphatic imine (C=N–C) groups is 1. The molecule has 0 saturated carbocycles. The molecule has 7 heteroatoms. The van der Waals surface area contributed by atoms with E-state index in [-0.39, 0.29) is 0 Å². The number of guanidine groups is 1. The van der Waals surface area contributed by atoms with Crippen LogP contribution in [0.3, 0.4) is 0 Å². The molecule has 2 rings (SSSR count). The molecule has 0 fully saturated rings. The molecular weight excluding hydrogens is 345 g/mol. The fourth-order valence-corrected chi connectivity index (χ4v) is 2.76. The first-order chi connectivity index (χ1) is 11.5. The van der Waals surface area contributed by atoms with E-state index in [1.807, 2.05) is 37.0 Å². The fourth-order valence-electron chi connectivity index (χ4n) is 2.34. The lowest BCUT2D eigenvalue weighted by Gasteiger charge is -2.12. The smallest absolute Gasteiger partial charge is 0.191 e. The Kier molecular flexibility index (Phi) is 6.94. The van der Waals surface area contributed by atoms with Gasteiger partial charge < -0.3 is 15.2 Å². The summed E-state index contributed by atoms with van der Waals surface area (Å²) in [5, 5.41) is 7.68. The van der Waals surface area contributed by atoms with Gasteiger partial charge in [0.25, 0.3) is 0 Å². The van der Waals surface area contributed by atoms with E-state index in [2.05, 4.69) is 33.6 Å². The first kappa shape index (κ1) is 18.6. The highest BCUT2D eigenvalue weighted by Crippen LogP contribution is 2.25. The molecule has 0 bridgehead atoms. The van der Waals surface area contributed by atoms with Gasteiger partial charge in [0.2, 0.25) is 0 Å². The molecule has 2 aromatic heterocycles. The van der Waals surface area contributed by atoms with E-state index in [1.54, 1.807) is 0 Å². The molecule has 0 aliphatic rings. The summed E-state index contributed by atoms with van der Waals surface area (Å²) in [6.07, 6.45) is 4.63. The molecular formula is C17H23Cl2N5. The maximum atomic E-state index is 6.09. The van der Waals surface area contributed by atoms with E-state index in [4.69, 9.17) is 23.2 Å². The predicted molar refractivity (Wildman–Crippen MR) is 101 cm³/mol. The van der Waals surface area contributed by atoms with Gasteiger partial charge >= 0.3 is 0 Å². The van der Waals surface area contributed by atoms with Crippen LogP contribution in [-0.4, -0.2) is 28.6 Å². The Bertz CT molecular complexity index is 709. The number of aryl methyl sites for hydroxylation is 1. The predicted octanol–water partition coefficient (Wildman–Crippen LogP) is 3.33. The van der Waals surface area contributed by atoms with Gasteiger partial charge in [0.05, 0.1) is 11.6 Å². The monoisotopic (exact) mass is 367 g/mol. The minimum Gasteiger partial charge on any atom is -0.357 e. The highest BCUT2D eigenvalue weighted by Gasteiger charge is 2.08. The number of aromatic nitrogens is 2. The van der Waals surface area contributed by atoms with Crippen LogP contribution in [0.2, 0.25) is 10.2 Å². The zero-order chi connectivity index (χ0) is 17.5. The Morgan fingerprint density at radius 3 is 2.75 bits per heavy atom. The van der Waals surface area contributed by atoms with E-state index in [1.165, 1.54) is 11.1 Å². The van der Waals surface area contributed by atoms with Crippen LogP contribution in [0, 0.1) is 6.92 Å². The SMILES string of the molecule is CCNC(=NCc1cc(Cl)c(Cl)n1C)NCCc1ccncc1C. The average molecular weight is 368 g/mol. The molecule has 2 aromatic rings. The maximum absolute atomic E-state index is 6.09. The molecule has 0 aromatic carbocycles. The molecule has 0 aliphatic carbocycles. The van der Waals surface area contributed by atoms with Gasteiger partial charge in [0, 0.05) is 38.2 Å². The van der Waals surface area contributed by atoms with Crippen molar-refractivity contribution in [1.29, 1.82) is 0 Å². The number of nitrogens with zero attached hydrogens (tertiary/aromatic N) is 3. The van der Waals surface area contributed by atoms with Crippen LogP contribution >= 0.6 is 23.2 Å². The molecule has 2 heterocycles. The maximum Gasteiger partial charge on any atom is 0.191 e. The molecule has 0 saturated heterocycles. The topological polar surface area (TPSA) is 54.2 Å². The summed E-state index contributed by atoms with van der Waals surface area (Å²) in [6.45, 7) is 6.22. The molecule has 0 unspecified atom stereocenters. The second-order valence-corrected chi connectivity index (χ2v) is 6.27. The largest absolute Gasteiger partial charge is 0.357 e. The lowest BCUT2D eigenvalue weighted by Crippen LogP contribution is -2.38. The van der Waals surface area contributed by atoms with E-state index in [9.17, 15) is 0 Å². The molecule has 0 spiro atoms. The summed E-state index contributed by atoms with van der Waals surface area (Å²) in [5.41, 5.74) is 3.45. The van der Waals surface area contributed by atoms with Crippen LogP contribution in [-0.2, 0) is 20.0 Å². The van der Waals surface area contributed by atoms with Gasteiger partial charge in [-0.3, -0.25) is 4.98 Å². The first-order valence-corrected chi connectivity index (χ1v) is 8.69. The van der Waals surface area contributed by atoms with E-state index in [0.29, 0.717) is 16.7 Å². The molecule has 24 heavy (non-hydrogen) atoms. The summed E-state index contributed by atoms with van der Waals surface area (Å²) >= 11 is 12.1. The minimum atomic E-state index is 0.507. The summed E-state index contributed by atoms with van der Waals surface area (Å²) in [4.78, 5) is 8.71. The summed E-state index contributed by atoms with van der Waals surface area (Å²) in [5.74, 6) is 0.776. The van der Waals surface area contributed by atoms with Crippen molar-refractivity contribution >= 4 is 29.2 Å². The van der Waals surface area contributed by atoms with Crippen molar-refractivity contribution in [2.24, 2.45) is 12.0 Å². The number of nitrogens with one attached hydrogen (secondary N) is 2. The van der Waals surface area contributed by atoms with Crippen LogP contribution < -0.4 is 10.6 Å². The number of pyridine rings is 1. The zero-order valence-electron chi connectivity index (χ0n) is 14.2. The first-order valence-electron chi connectivity index (χ1n) is 7.94. The zero-order valence-corrected chi connectivity index (χ0v) is 15.7. The van der Waals surface area contributed by atoms with Crippen LogP contribution in [0.5, 0.6) is 0 Å². The Morgan fingerprint density at radius 2 is 2.12 bits per heavy atom. The Hall–Kier alpha value is -1.72. The van der Waals surface area contributed by atoms with E-state index in [0.717, 1.165) is 31.2 Å². The minimum absolute atomic E-state index is 0.507. The van der Waals surface area contributed by atoms with Gasteiger partial charge in [-0.15, -0.1) is 0 Å². The second kappa shape index (κ2) is 8.94. The van der Waals surface area contributed by atoms with Crippen molar-refractivity contribution in [2.45, 2.75) is 26.8 Å². The van der Waals surface area contributed by atoms with E-state index >= 15 is 0 Å². The number of hydrogen-bond donors (Lipinski definition) is 2. The van der Waals surface area contributed by atoms with Crippen LogP contribution in [0.25, 0.3) is 0 Å². The molecule has 0 amide bonds. The normalized spacial score (nSPS) is 11.6. The lowest BCUT2D eigenvalue weighted by molar-refractivity contribution is 0.778. The van der Waals surface area contributed by atoms with Crippen LogP contribution in [0.1, 0.15) is 23.7 Å². The van der Waals surface area contributed by atoms with Gasteiger partial charge in [-0.25, -0.2) is 4.99 Å². The molecule has 0 radical (unpaired) electrons. The molecule has 0 atom stereocenters. The van der Waals surface area contributed by atoms with Gasteiger partial charge in [-0.2, -0.15) is 0 Å². The number of halogens is 2. The average Bonchev–Trinajstić information content (AvgIpc) is 2.81. The quantitative estimate of drug-likeness (QED) is 0.608. The van der Waals surface area contributed by atoms with Crippen molar-refractivity contribution in [1.82, 2.24) is 20.2 Å². The molecule has 130 valence electrons. The second-order valence-electron chi connectivity index (χ2n) is 5.51. The standard InChI is InChI=1S/C17H23Cl2N5/c1-4-21-17(22-8-6-13-5-7-20-10-12(13)2)23-11-14-9-15(18)16(19)24(14)3/h5,7,9-10H,4,6,8,11H2,1-3H3,(H2,21,22,23). The Balaban J connectivity index is 1.95. The summed E-state index contributed by atoms with van der Waals surface area (Å²) < 4.78 is 1.84. The van der Waals surface area contributed by atoms with E-state index < -0.39 is 0 Å². The third-order valence-electron chi connectivity index (χ3n) is 3.78. The third kappa shape index (κ3) is 4.89. The number of hydrogen-bond acceptors (Lipinski definition) is 2. The van der Waals surface area contributed by atoms with Crippen LogP contribution in [0.15, 0.2) is 29.5 Å². The van der Waals surface area contributed by atoms with Crippen molar-refractivity contribution < 1.29 is 0 Å². The Morgan fingerprint density at radius 1 is 1.33 bits per heavy atom. The van der Waals surface area contributed by atoms with Crippen LogP contribution in [0.4, 0.5) is 0 Å². The van der Waals surface area contributed by atoms with Crippen molar-refractivity contribution in [2.75, 3.05) is 13.1 Å². The van der Waals surface area contributed by atoms with Gasteiger partial charge in [0.1, 0.15) is 5.15 Å². The fraction of sp³-hybridized carbons (Fsp3) is 0.412. The summed E-state index contributed by atoms with van der Waals surface area (Å²) in [7, 11) is 1.88.